The summed E-state index contributed by atoms with van der Waals surface area (Å²) in [7, 11) is 3.05. The van der Waals surface area contributed by atoms with Gasteiger partial charge in [0.2, 0.25) is 0 Å². The van der Waals surface area contributed by atoms with Crippen molar-refractivity contribution >= 4 is 11.9 Å². The number of likely N-dealkylation sites (tertiary alicyclic amines) is 1. The van der Waals surface area contributed by atoms with Gasteiger partial charge in [-0.3, -0.25) is 9.59 Å². The second-order valence-electron chi connectivity index (χ2n) is 5.36. The van der Waals surface area contributed by atoms with E-state index in [1.807, 2.05) is 30.3 Å². The van der Waals surface area contributed by atoms with Gasteiger partial charge in [-0.2, -0.15) is 0 Å². The summed E-state index contributed by atoms with van der Waals surface area (Å²) in [5.41, 5.74) is 0.755. The van der Waals surface area contributed by atoms with E-state index in [0.717, 1.165) is 5.56 Å². The SMILES string of the molecule is COC1CC(CC(=O)O)N(C(=O)C(OC)c2ccccc2)C1. The minimum atomic E-state index is -0.923. The van der Waals surface area contributed by atoms with Crippen molar-refractivity contribution in [1.29, 1.82) is 0 Å². The van der Waals surface area contributed by atoms with Crippen molar-refractivity contribution in [3.05, 3.63) is 35.9 Å². The standard InChI is InChI=1S/C16H21NO5/c1-21-13-8-12(9-14(18)19)17(10-13)16(20)15(22-2)11-6-4-3-5-7-11/h3-7,12-13,15H,8-10H2,1-2H3,(H,18,19). The van der Waals surface area contributed by atoms with Gasteiger partial charge in [0, 0.05) is 26.8 Å². The predicted molar refractivity (Wildman–Crippen MR) is 79.4 cm³/mol. The van der Waals surface area contributed by atoms with Crippen LogP contribution in [0.15, 0.2) is 30.3 Å². The number of amides is 1. The Labute approximate surface area is 129 Å². The lowest BCUT2D eigenvalue weighted by Crippen LogP contribution is -2.40. The van der Waals surface area contributed by atoms with E-state index < -0.39 is 12.1 Å². The van der Waals surface area contributed by atoms with Gasteiger partial charge in [-0.05, 0) is 12.0 Å². The Bertz CT molecular complexity index is 519. The van der Waals surface area contributed by atoms with Crippen LogP contribution in [0.2, 0.25) is 0 Å². The highest BCUT2D eigenvalue weighted by Crippen LogP contribution is 2.28. The zero-order valence-electron chi connectivity index (χ0n) is 12.8. The normalized spacial score (nSPS) is 22.5. The topological polar surface area (TPSA) is 76.1 Å². The number of carboxylic acids is 1. The number of hydrogen-bond donors (Lipinski definition) is 1. The van der Waals surface area contributed by atoms with Gasteiger partial charge in [-0.15, -0.1) is 0 Å². The smallest absolute Gasteiger partial charge is 0.305 e. The minimum Gasteiger partial charge on any atom is -0.481 e. The van der Waals surface area contributed by atoms with Crippen molar-refractivity contribution in [2.75, 3.05) is 20.8 Å². The summed E-state index contributed by atoms with van der Waals surface area (Å²) in [6.07, 6.45) is -0.425. The first-order chi connectivity index (χ1) is 10.6. The summed E-state index contributed by atoms with van der Waals surface area (Å²) in [5, 5.41) is 9.04. The van der Waals surface area contributed by atoms with Gasteiger partial charge < -0.3 is 19.5 Å². The summed E-state index contributed by atoms with van der Waals surface area (Å²) >= 11 is 0. The van der Waals surface area contributed by atoms with Crippen LogP contribution in [0.25, 0.3) is 0 Å². The van der Waals surface area contributed by atoms with Crippen molar-refractivity contribution < 1.29 is 24.2 Å². The van der Waals surface area contributed by atoms with Gasteiger partial charge in [0.05, 0.1) is 12.5 Å². The summed E-state index contributed by atoms with van der Waals surface area (Å²) in [5.74, 6) is -1.15. The van der Waals surface area contributed by atoms with Crippen LogP contribution < -0.4 is 0 Å². The van der Waals surface area contributed by atoms with E-state index in [1.165, 1.54) is 7.11 Å². The molecule has 1 aromatic rings. The molecular weight excluding hydrogens is 286 g/mol. The molecule has 1 aliphatic heterocycles. The van der Waals surface area contributed by atoms with Crippen molar-refractivity contribution in [3.63, 3.8) is 0 Å². The average molecular weight is 307 g/mol. The highest BCUT2D eigenvalue weighted by atomic mass is 16.5. The highest BCUT2D eigenvalue weighted by Gasteiger charge is 2.39. The number of benzene rings is 1. The van der Waals surface area contributed by atoms with Crippen LogP contribution in [0.4, 0.5) is 0 Å². The van der Waals surface area contributed by atoms with Crippen molar-refractivity contribution in [3.8, 4) is 0 Å². The Balaban J connectivity index is 2.19. The summed E-state index contributed by atoms with van der Waals surface area (Å²) < 4.78 is 10.6. The molecule has 1 aromatic carbocycles. The molecule has 0 radical (unpaired) electrons. The van der Waals surface area contributed by atoms with Crippen LogP contribution in [-0.2, 0) is 19.1 Å². The van der Waals surface area contributed by atoms with E-state index in [4.69, 9.17) is 14.6 Å². The van der Waals surface area contributed by atoms with Crippen molar-refractivity contribution in [2.45, 2.75) is 31.1 Å². The molecule has 1 amide bonds. The number of carboxylic acid groups (broad SMARTS) is 1. The number of hydrogen-bond acceptors (Lipinski definition) is 4. The third-order valence-electron chi connectivity index (χ3n) is 3.97. The number of nitrogens with zero attached hydrogens (tertiary/aromatic N) is 1. The third-order valence-corrected chi connectivity index (χ3v) is 3.97. The van der Waals surface area contributed by atoms with Gasteiger partial charge in [-0.1, -0.05) is 30.3 Å². The number of carbonyl (C=O) groups is 2. The van der Waals surface area contributed by atoms with Crippen LogP contribution in [0.3, 0.4) is 0 Å². The van der Waals surface area contributed by atoms with Crippen LogP contribution in [0.1, 0.15) is 24.5 Å². The molecule has 6 heteroatoms. The predicted octanol–water partition coefficient (Wildman–Crippen LogP) is 1.46. The van der Waals surface area contributed by atoms with E-state index in [1.54, 1.807) is 12.0 Å². The third kappa shape index (κ3) is 3.64. The molecular formula is C16H21NO5. The molecule has 1 aliphatic rings. The van der Waals surface area contributed by atoms with Gasteiger partial charge in [0.25, 0.3) is 5.91 Å². The zero-order chi connectivity index (χ0) is 16.1. The van der Waals surface area contributed by atoms with E-state index in [2.05, 4.69) is 0 Å². The molecule has 6 nitrogen and oxygen atoms in total. The largest absolute Gasteiger partial charge is 0.481 e. The van der Waals surface area contributed by atoms with Crippen molar-refractivity contribution in [1.82, 2.24) is 4.90 Å². The molecule has 3 unspecified atom stereocenters. The molecule has 0 bridgehead atoms. The molecule has 1 saturated heterocycles. The molecule has 1 N–H and O–H groups in total. The Morgan fingerprint density at radius 2 is 2.00 bits per heavy atom. The van der Waals surface area contributed by atoms with Crippen LogP contribution >= 0.6 is 0 Å². The first-order valence-electron chi connectivity index (χ1n) is 7.19. The van der Waals surface area contributed by atoms with Gasteiger partial charge >= 0.3 is 5.97 Å². The second kappa shape index (κ2) is 7.38. The van der Waals surface area contributed by atoms with E-state index in [0.29, 0.717) is 13.0 Å². The Hall–Kier alpha value is -1.92. The quantitative estimate of drug-likeness (QED) is 0.861. The number of rotatable bonds is 6. The van der Waals surface area contributed by atoms with E-state index >= 15 is 0 Å². The number of methoxy groups -OCH3 is 2. The lowest BCUT2D eigenvalue weighted by Gasteiger charge is -2.27. The molecule has 0 saturated carbocycles. The fraction of sp³-hybridized carbons (Fsp3) is 0.500. The molecule has 1 fully saturated rings. The molecule has 0 aromatic heterocycles. The Kier molecular flexibility index (Phi) is 5.51. The minimum absolute atomic E-state index is 0.0865. The highest BCUT2D eigenvalue weighted by molar-refractivity contribution is 5.83. The summed E-state index contributed by atoms with van der Waals surface area (Å²) in [6.45, 7) is 0.389. The molecule has 120 valence electrons. The molecule has 3 atom stereocenters. The van der Waals surface area contributed by atoms with Crippen molar-refractivity contribution in [2.24, 2.45) is 0 Å². The van der Waals surface area contributed by atoms with Gasteiger partial charge in [0.15, 0.2) is 6.10 Å². The maximum atomic E-state index is 12.8. The van der Waals surface area contributed by atoms with E-state index in [9.17, 15) is 9.59 Å². The van der Waals surface area contributed by atoms with Crippen LogP contribution in [0, 0.1) is 0 Å². The Morgan fingerprint density at radius 1 is 1.32 bits per heavy atom. The van der Waals surface area contributed by atoms with E-state index in [-0.39, 0.29) is 24.5 Å². The second-order valence-corrected chi connectivity index (χ2v) is 5.36. The molecule has 22 heavy (non-hydrogen) atoms. The Morgan fingerprint density at radius 3 is 2.55 bits per heavy atom. The molecule has 0 aliphatic carbocycles. The maximum absolute atomic E-state index is 12.8. The monoisotopic (exact) mass is 307 g/mol. The number of aliphatic carboxylic acids is 1. The first-order valence-corrected chi connectivity index (χ1v) is 7.19. The van der Waals surface area contributed by atoms with Crippen LogP contribution in [0.5, 0.6) is 0 Å². The lowest BCUT2D eigenvalue weighted by atomic mass is 10.1. The molecule has 2 rings (SSSR count). The lowest BCUT2D eigenvalue weighted by molar-refractivity contribution is -0.145. The fourth-order valence-corrected chi connectivity index (χ4v) is 2.87. The molecule has 1 heterocycles. The maximum Gasteiger partial charge on any atom is 0.305 e. The fourth-order valence-electron chi connectivity index (χ4n) is 2.87. The number of carbonyl (C=O) groups excluding carboxylic acids is 1. The average Bonchev–Trinajstić information content (AvgIpc) is 2.91. The van der Waals surface area contributed by atoms with Crippen LogP contribution in [-0.4, -0.2) is 54.8 Å². The summed E-state index contributed by atoms with van der Waals surface area (Å²) in [6, 6.07) is 8.82. The van der Waals surface area contributed by atoms with Gasteiger partial charge in [-0.25, -0.2) is 0 Å². The zero-order valence-corrected chi connectivity index (χ0v) is 12.8. The first kappa shape index (κ1) is 16.5. The number of ether oxygens (including phenoxy) is 2. The van der Waals surface area contributed by atoms with Gasteiger partial charge in [0.1, 0.15) is 0 Å². The summed E-state index contributed by atoms with van der Waals surface area (Å²) in [4.78, 5) is 25.4. The molecule has 0 spiro atoms.